The predicted octanol–water partition coefficient (Wildman–Crippen LogP) is 0.573. The molecule has 0 bridgehead atoms. The highest BCUT2D eigenvalue weighted by Crippen LogP contribution is 2.31. The lowest BCUT2D eigenvalue weighted by molar-refractivity contribution is -0.159. The van der Waals surface area contributed by atoms with Crippen LogP contribution in [0.2, 0.25) is 0 Å². The number of hydrogen-bond donors (Lipinski definition) is 3. The van der Waals surface area contributed by atoms with Crippen molar-refractivity contribution in [2.45, 2.75) is 44.6 Å². The number of ether oxygens (including phenoxy) is 1. The van der Waals surface area contributed by atoms with E-state index in [0.717, 1.165) is 25.7 Å². The second kappa shape index (κ2) is 10.3. The van der Waals surface area contributed by atoms with E-state index in [1.165, 1.54) is 24.5 Å². The highest BCUT2D eigenvalue weighted by molar-refractivity contribution is 5.97. The van der Waals surface area contributed by atoms with Gasteiger partial charge < -0.3 is 10.1 Å². The van der Waals surface area contributed by atoms with Gasteiger partial charge in [-0.25, -0.2) is 20.5 Å². The summed E-state index contributed by atoms with van der Waals surface area (Å²) in [4.78, 5) is 45.1. The largest absolute Gasteiger partial charge is 0.478 e. The average molecular weight is 420 g/mol. The van der Waals surface area contributed by atoms with Crippen molar-refractivity contribution in [3.05, 3.63) is 12.4 Å². The molecule has 11 heteroatoms. The first-order chi connectivity index (χ1) is 14.5. The number of hydrazine groups is 1. The highest BCUT2D eigenvalue weighted by atomic mass is 16.5. The Labute approximate surface area is 174 Å². The lowest BCUT2D eigenvalue weighted by atomic mass is 9.92. The molecule has 11 nitrogen and oxygen atoms in total. The molecule has 1 aliphatic heterocycles. The van der Waals surface area contributed by atoms with Crippen LogP contribution in [0.5, 0.6) is 5.88 Å². The Morgan fingerprint density at radius 1 is 1.37 bits per heavy atom. The maximum atomic E-state index is 13.3. The van der Waals surface area contributed by atoms with E-state index >= 15 is 0 Å². The third kappa shape index (κ3) is 5.22. The number of rotatable bonds is 9. The maximum Gasteiger partial charge on any atom is 0.257 e. The van der Waals surface area contributed by atoms with Crippen molar-refractivity contribution < 1.29 is 24.3 Å². The van der Waals surface area contributed by atoms with E-state index in [1.807, 2.05) is 0 Å². The molecule has 30 heavy (non-hydrogen) atoms. The molecule has 2 fully saturated rings. The molecular formula is C19H28N6O5. The second-order valence-electron chi connectivity index (χ2n) is 7.63. The van der Waals surface area contributed by atoms with Crippen molar-refractivity contribution in [1.29, 1.82) is 0 Å². The second-order valence-corrected chi connectivity index (χ2v) is 7.63. The summed E-state index contributed by atoms with van der Waals surface area (Å²) in [5, 5.41) is 14.2. The van der Waals surface area contributed by atoms with Crippen LogP contribution >= 0.6 is 0 Å². The molecule has 3 N–H and O–H groups in total. The van der Waals surface area contributed by atoms with Gasteiger partial charge in [0.2, 0.25) is 18.2 Å². The third-order valence-electron chi connectivity index (χ3n) is 5.62. The van der Waals surface area contributed by atoms with Crippen LogP contribution < -0.4 is 15.5 Å². The minimum atomic E-state index is -0.751. The smallest absolute Gasteiger partial charge is 0.257 e. The molecular weight excluding hydrogens is 392 g/mol. The van der Waals surface area contributed by atoms with Gasteiger partial charge in [-0.3, -0.25) is 24.6 Å². The lowest BCUT2D eigenvalue weighted by Crippen LogP contribution is -2.51. The van der Waals surface area contributed by atoms with Gasteiger partial charge in [0.15, 0.2) is 5.82 Å². The first kappa shape index (κ1) is 21.9. The molecule has 2 aliphatic rings. The van der Waals surface area contributed by atoms with Crippen molar-refractivity contribution >= 4 is 24.0 Å². The Bertz CT molecular complexity index is 757. The Morgan fingerprint density at radius 3 is 2.80 bits per heavy atom. The number of anilines is 1. The number of methoxy groups -OCH3 is 1. The fourth-order valence-electron chi connectivity index (χ4n) is 4.17. The molecule has 2 atom stereocenters. The van der Waals surface area contributed by atoms with Crippen LogP contribution in [0.1, 0.15) is 38.5 Å². The molecule has 1 saturated heterocycles. The lowest BCUT2D eigenvalue weighted by Gasteiger charge is -2.29. The van der Waals surface area contributed by atoms with Crippen LogP contribution in [0.15, 0.2) is 12.4 Å². The van der Waals surface area contributed by atoms with Crippen LogP contribution in [0.3, 0.4) is 0 Å². The number of aromatic nitrogens is 2. The number of hydroxylamine groups is 2. The summed E-state index contributed by atoms with van der Waals surface area (Å²) >= 11 is 0. The normalized spacial score (nSPS) is 20.1. The number of nitrogens with one attached hydrogen (secondary N) is 2. The van der Waals surface area contributed by atoms with Crippen molar-refractivity contribution in [3.63, 3.8) is 0 Å². The summed E-state index contributed by atoms with van der Waals surface area (Å²) in [5.74, 6) is -0.604. The van der Waals surface area contributed by atoms with Gasteiger partial charge in [-0.15, -0.1) is 0 Å². The summed E-state index contributed by atoms with van der Waals surface area (Å²) in [6.07, 6.45) is 8.45. The quantitative estimate of drug-likeness (QED) is 0.300. The van der Waals surface area contributed by atoms with Crippen molar-refractivity contribution in [1.82, 2.24) is 25.5 Å². The zero-order chi connectivity index (χ0) is 21.5. The number of nitrogens with zero attached hydrogens (tertiary/aromatic N) is 4. The monoisotopic (exact) mass is 420 g/mol. The van der Waals surface area contributed by atoms with Gasteiger partial charge in [-0.2, -0.15) is 0 Å². The minimum Gasteiger partial charge on any atom is -0.478 e. The summed E-state index contributed by atoms with van der Waals surface area (Å²) in [5.41, 5.74) is 2.97. The number of hydrogen-bond acceptors (Lipinski definition) is 8. The van der Waals surface area contributed by atoms with Crippen molar-refractivity contribution in [2.24, 2.45) is 11.8 Å². The van der Waals surface area contributed by atoms with Gasteiger partial charge >= 0.3 is 0 Å². The average Bonchev–Trinajstić information content (AvgIpc) is 3.45. The summed E-state index contributed by atoms with van der Waals surface area (Å²) in [6, 6.07) is -0.751. The van der Waals surface area contributed by atoms with Crippen LogP contribution in [0.25, 0.3) is 0 Å². The molecule has 1 saturated carbocycles. The van der Waals surface area contributed by atoms with E-state index < -0.39 is 17.9 Å². The maximum absolute atomic E-state index is 13.3. The van der Waals surface area contributed by atoms with Crippen molar-refractivity contribution in [3.8, 4) is 5.88 Å². The molecule has 0 aromatic carbocycles. The standard InChI is InChI=1S/C19H28N6O5/c1-30-18-16(20-8-9-21-18)23-17(27)15-6-7-22-25(15)19(28)14(11-24(29)12-26)10-13-4-2-3-5-13/h8-9,12-15,22,29H,2-7,10-11H2,1H3,(H,20,23,27)/t14?,15-/m0/s1. The number of amides is 3. The summed E-state index contributed by atoms with van der Waals surface area (Å²) in [6.45, 7) is 0.345. The van der Waals surface area contributed by atoms with E-state index in [2.05, 4.69) is 20.7 Å². The van der Waals surface area contributed by atoms with Crippen LogP contribution in [-0.4, -0.2) is 69.7 Å². The van der Waals surface area contributed by atoms with Gasteiger partial charge in [0.25, 0.3) is 5.88 Å². The van der Waals surface area contributed by atoms with E-state index in [1.54, 1.807) is 0 Å². The molecule has 164 valence electrons. The molecule has 1 aromatic heterocycles. The van der Waals surface area contributed by atoms with Gasteiger partial charge in [-0.1, -0.05) is 25.7 Å². The SMILES string of the molecule is COc1nccnc1NC(=O)[C@@H]1CCNN1C(=O)C(CC1CCCC1)CN(O)C=O. The predicted molar refractivity (Wildman–Crippen MR) is 105 cm³/mol. The zero-order valence-electron chi connectivity index (χ0n) is 17.0. The molecule has 3 amide bonds. The Hall–Kier alpha value is -2.79. The van der Waals surface area contributed by atoms with Gasteiger partial charge in [0.1, 0.15) is 6.04 Å². The first-order valence-electron chi connectivity index (χ1n) is 10.2. The van der Waals surface area contributed by atoms with E-state index in [4.69, 9.17) is 4.74 Å². The zero-order valence-corrected chi connectivity index (χ0v) is 17.0. The van der Waals surface area contributed by atoms with Crippen LogP contribution in [-0.2, 0) is 14.4 Å². The van der Waals surface area contributed by atoms with Gasteiger partial charge in [-0.05, 0) is 18.8 Å². The molecule has 1 aromatic rings. The van der Waals surface area contributed by atoms with Gasteiger partial charge in [0.05, 0.1) is 19.6 Å². The Morgan fingerprint density at radius 2 is 2.10 bits per heavy atom. The van der Waals surface area contributed by atoms with E-state index in [0.29, 0.717) is 30.4 Å². The fraction of sp³-hybridized carbons (Fsp3) is 0.632. The minimum absolute atomic E-state index is 0.108. The number of carbonyl (C=O) groups excluding carboxylic acids is 3. The van der Waals surface area contributed by atoms with E-state index in [-0.39, 0.29) is 30.6 Å². The molecule has 2 heterocycles. The Kier molecular flexibility index (Phi) is 7.52. The molecule has 0 radical (unpaired) electrons. The molecule has 1 aliphatic carbocycles. The van der Waals surface area contributed by atoms with Crippen LogP contribution in [0, 0.1) is 11.8 Å². The topological polar surface area (TPSA) is 137 Å². The summed E-state index contributed by atoms with van der Waals surface area (Å²) < 4.78 is 5.10. The first-order valence-corrected chi connectivity index (χ1v) is 10.2. The molecule has 0 spiro atoms. The number of carbonyl (C=O) groups is 3. The van der Waals surface area contributed by atoms with Crippen LogP contribution in [0.4, 0.5) is 5.82 Å². The summed E-state index contributed by atoms with van der Waals surface area (Å²) in [7, 11) is 1.42. The highest BCUT2D eigenvalue weighted by Gasteiger charge is 2.39. The fourth-order valence-corrected chi connectivity index (χ4v) is 4.17. The van der Waals surface area contributed by atoms with Crippen molar-refractivity contribution in [2.75, 3.05) is 25.5 Å². The van der Waals surface area contributed by atoms with E-state index in [9.17, 15) is 19.6 Å². The molecule has 1 unspecified atom stereocenters. The Balaban J connectivity index is 1.71. The third-order valence-corrected chi connectivity index (χ3v) is 5.62. The van der Waals surface area contributed by atoms with Gasteiger partial charge in [0, 0.05) is 18.9 Å². The molecule has 3 rings (SSSR count).